The molecule has 114 valence electrons. The van der Waals surface area contributed by atoms with E-state index in [2.05, 4.69) is 5.32 Å². The molecule has 5 heteroatoms. The molecule has 0 spiro atoms. The molecule has 21 heavy (non-hydrogen) atoms. The lowest BCUT2D eigenvalue weighted by Gasteiger charge is -2.36. The Kier molecular flexibility index (Phi) is 4.51. The zero-order chi connectivity index (χ0) is 14.7. The molecule has 2 aliphatic rings. The second kappa shape index (κ2) is 6.54. The predicted molar refractivity (Wildman–Crippen MR) is 77.3 cm³/mol. The average Bonchev–Trinajstić information content (AvgIpc) is 2.55. The topological polar surface area (TPSA) is 41.6 Å². The van der Waals surface area contributed by atoms with Gasteiger partial charge in [-0.2, -0.15) is 0 Å². The Morgan fingerprint density at radius 3 is 3.10 bits per heavy atom. The van der Waals surface area contributed by atoms with Crippen LogP contribution in [0.25, 0.3) is 0 Å². The number of ether oxygens (including phenoxy) is 1. The van der Waals surface area contributed by atoms with Gasteiger partial charge in [-0.25, -0.2) is 4.39 Å². The Balaban J connectivity index is 1.66. The Morgan fingerprint density at radius 2 is 2.33 bits per heavy atom. The monoisotopic (exact) mass is 292 g/mol. The third kappa shape index (κ3) is 3.41. The first kappa shape index (κ1) is 14.5. The lowest BCUT2D eigenvalue weighted by Crippen LogP contribution is -2.51. The van der Waals surface area contributed by atoms with Crippen LogP contribution in [-0.4, -0.2) is 43.7 Å². The molecule has 0 aliphatic carbocycles. The maximum absolute atomic E-state index is 13.3. The molecule has 0 radical (unpaired) electrons. The molecular weight excluding hydrogens is 271 g/mol. The van der Waals surface area contributed by atoms with E-state index in [9.17, 15) is 9.18 Å². The van der Waals surface area contributed by atoms with Gasteiger partial charge >= 0.3 is 0 Å². The van der Waals surface area contributed by atoms with Gasteiger partial charge in [0.05, 0.1) is 18.6 Å². The predicted octanol–water partition coefficient (Wildman–Crippen LogP) is 1.73. The lowest BCUT2D eigenvalue weighted by molar-refractivity contribution is -0.141. The Labute approximate surface area is 124 Å². The van der Waals surface area contributed by atoms with E-state index in [1.807, 2.05) is 11.0 Å². The van der Waals surface area contributed by atoms with E-state index in [4.69, 9.17) is 4.74 Å². The zero-order valence-electron chi connectivity index (χ0n) is 12.1. The van der Waals surface area contributed by atoms with Crippen molar-refractivity contribution < 1.29 is 13.9 Å². The zero-order valence-corrected chi connectivity index (χ0v) is 12.1. The molecule has 1 aromatic carbocycles. The number of piperazine rings is 1. The number of nitrogens with one attached hydrogen (secondary N) is 1. The number of benzene rings is 1. The molecule has 2 unspecified atom stereocenters. The summed E-state index contributed by atoms with van der Waals surface area (Å²) in [7, 11) is 0. The minimum atomic E-state index is -0.238. The fourth-order valence-electron chi connectivity index (χ4n) is 3.09. The van der Waals surface area contributed by atoms with Crippen LogP contribution in [0.5, 0.6) is 0 Å². The molecule has 1 N–H and O–H groups in total. The van der Waals surface area contributed by atoms with Crippen LogP contribution in [0.15, 0.2) is 24.3 Å². The molecule has 4 nitrogen and oxygen atoms in total. The van der Waals surface area contributed by atoms with Gasteiger partial charge in [-0.3, -0.25) is 4.79 Å². The summed E-state index contributed by atoms with van der Waals surface area (Å²) in [6, 6.07) is 6.59. The number of hydrogen-bond acceptors (Lipinski definition) is 3. The normalized spacial score (nSPS) is 26.6. The fourth-order valence-corrected chi connectivity index (χ4v) is 3.09. The standard InChI is InChI=1S/C16H21FN2O2/c17-14-5-1-3-12(9-14)15-10-19(7-6-18-15)16(20)13-4-2-8-21-11-13/h1,3,5,9,13,15,18H,2,4,6-8,10-11H2. The quantitative estimate of drug-likeness (QED) is 0.902. The molecule has 3 rings (SSSR count). The van der Waals surface area contributed by atoms with Crippen LogP contribution in [0.4, 0.5) is 4.39 Å². The third-order valence-electron chi connectivity index (χ3n) is 4.25. The maximum Gasteiger partial charge on any atom is 0.228 e. The van der Waals surface area contributed by atoms with E-state index in [0.29, 0.717) is 19.7 Å². The van der Waals surface area contributed by atoms with E-state index < -0.39 is 0 Å². The number of hydrogen-bond donors (Lipinski definition) is 1. The van der Waals surface area contributed by atoms with E-state index in [-0.39, 0.29) is 23.7 Å². The van der Waals surface area contributed by atoms with Crippen molar-refractivity contribution in [3.63, 3.8) is 0 Å². The molecule has 1 amide bonds. The minimum absolute atomic E-state index is 0.00269. The van der Waals surface area contributed by atoms with E-state index in [1.54, 1.807) is 6.07 Å². The number of rotatable bonds is 2. The first-order valence-corrected chi connectivity index (χ1v) is 7.59. The van der Waals surface area contributed by atoms with Gasteiger partial charge < -0.3 is 15.0 Å². The minimum Gasteiger partial charge on any atom is -0.381 e. The van der Waals surface area contributed by atoms with Crippen LogP contribution >= 0.6 is 0 Å². The van der Waals surface area contributed by atoms with Crippen molar-refractivity contribution in [2.45, 2.75) is 18.9 Å². The van der Waals surface area contributed by atoms with Crippen LogP contribution in [-0.2, 0) is 9.53 Å². The largest absolute Gasteiger partial charge is 0.381 e. The molecule has 0 bridgehead atoms. The first-order chi connectivity index (χ1) is 10.2. The Bertz CT molecular complexity index is 503. The molecule has 0 saturated carbocycles. The summed E-state index contributed by atoms with van der Waals surface area (Å²) in [4.78, 5) is 14.4. The molecular formula is C16H21FN2O2. The van der Waals surface area contributed by atoms with Crippen molar-refractivity contribution in [1.82, 2.24) is 10.2 Å². The van der Waals surface area contributed by atoms with Gasteiger partial charge in [-0.1, -0.05) is 12.1 Å². The molecule has 1 aromatic rings. The second-order valence-corrected chi connectivity index (χ2v) is 5.76. The molecule has 2 heterocycles. The Morgan fingerprint density at radius 1 is 1.43 bits per heavy atom. The molecule has 2 saturated heterocycles. The summed E-state index contributed by atoms with van der Waals surface area (Å²) in [6.07, 6.45) is 1.86. The first-order valence-electron chi connectivity index (χ1n) is 7.59. The number of carbonyl (C=O) groups excluding carboxylic acids is 1. The van der Waals surface area contributed by atoms with Crippen LogP contribution in [0.1, 0.15) is 24.4 Å². The van der Waals surface area contributed by atoms with Crippen molar-refractivity contribution in [3.05, 3.63) is 35.6 Å². The fraction of sp³-hybridized carbons (Fsp3) is 0.562. The van der Waals surface area contributed by atoms with Crippen LogP contribution in [0, 0.1) is 11.7 Å². The van der Waals surface area contributed by atoms with E-state index >= 15 is 0 Å². The van der Waals surface area contributed by atoms with Crippen molar-refractivity contribution in [3.8, 4) is 0 Å². The lowest BCUT2D eigenvalue weighted by atomic mass is 9.98. The van der Waals surface area contributed by atoms with E-state index in [1.165, 1.54) is 12.1 Å². The van der Waals surface area contributed by atoms with Gasteiger partial charge in [-0.05, 0) is 30.5 Å². The SMILES string of the molecule is O=C(C1CCCOC1)N1CCNC(c2cccc(F)c2)C1. The molecule has 2 atom stereocenters. The average molecular weight is 292 g/mol. The van der Waals surface area contributed by atoms with Crippen LogP contribution in [0.2, 0.25) is 0 Å². The molecule has 2 aliphatic heterocycles. The van der Waals surface area contributed by atoms with Crippen LogP contribution < -0.4 is 5.32 Å². The summed E-state index contributed by atoms with van der Waals surface area (Å²) >= 11 is 0. The van der Waals surface area contributed by atoms with Gasteiger partial charge in [-0.15, -0.1) is 0 Å². The second-order valence-electron chi connectivity index (χ2n) is 5.76. The van der Waals surface area contributed by atoms with E-state index in [0.717, 1.165) is 31.6 Å². The van der Waals surface area contributed by atoms with Crippen molar-refractivity contribution in [1.29, 1.82) is 0 Å². The maximum atomic E-state index is 13.3. The van der Waals surface area contributed by atoms with Gasteiger partial charge in [0.15, 0.2) is 0 Å². The number of carbonyl (C=O) groups is 1. The van der Waals surface area contributed by atoms with Crippen molar-refractivity contribution >= 4 is 5.91 Å². The molecule has 0 aromatic heterocycles. The highest BCUT2D eigenvalue weighted by molar-refractivity contribution is 5.79. The highest BCUT2D eigenvalue weighted by Crippen LogP contribution is 2.22. The summed E-state index contributed by atoms with van der Waals surface area (Å²) in [5.41, 5.74) is 0.896. The summed E-state index contributed by atoms with van der Waals surface area (Å²) < 4.78 is 18.8. The number of halogens is 1. The van der Waals surface area contributed by atoms with Gasteiger partial charge in [0.2, 0.25) is 5.91 Å². The van der Waals surface area contributed by atoms with Gasteiger partial charge in [0.1, 0.15) is 5.82 Å². The van der Waals surface area contributed by atoms with Crippen molar-refractivity contribution in [2.24, 2.45) is 5.92 Å². The van der Waals surface area contributed by atoms with Crippen LogP contribution in [0.3, 0.4) is 0 Å². The van der Waals surface area contributed by atoms with Gasteiger partial charge in [0, 0.05) is 26.2 Å². The smallest absolute Gasteiger partial charge is 0.228 e. The number of amides is 1. The number of nitrogens with zero attached hydrogens (tertiary/aromatic N) is 1. The summed E-state index contributed by atoms with van der Waals surface area (Å²) in [6.45, 7) is 3.34. The summed E-state index contributed by atoms with van der Waals surface area (Å²) in [5.74, 6) is -0.0685. The van der Waals surface area contributed by atoms with Crippen molar-refractivity contribution in [2.75, 3.05) is 32.8 Å². The summed E-state index contributed by atoms with van der Waals surface area (Å²) in [5, 5.41) is 3.36. The van der Waals surface area contributed by atoms with Gasteiger partial charge in [0.25, 0.3) is 0 Å². The molecule has 2 fully saturated rings. The highest BCUT2D eigenvalue weighted by Gasteiger charge is 2.30. The third-order valence-corrected chi connectivity index (χ3v) is 4.25. The highest BCUT2D eigenvalue weighted by atomic mass is 19.1. The Hall–Kier alpha value is -1.46.